The smallest absolute Gasteiger partial charge is 0.260 e. The van der Waals surface area contributed by atoms with Crippen molar-refractivity contribution in [2.75, 3.05) is 26.2 Å². The van der Waals surface area contributed by atoms with Gasteiger partial charge in [-0.1, -0.05) is 36.4 Å². The lowest BCUT2D eigenvalue weighted by Gasteiger charge is -2.36. The van der Waals surface area contributed by atoms with Crippen LogP contribution in [0, 0.1) is 11.3 Å². The number of pyridine rings is 1. The number of piperazine rings is 1. The summed E-state index contributed by atoms with van der Waals surface area (Å²) < 4.78 is 26.6. The summed E-state index contributed by atoms with van der Waals surface area (Å²) in [6.45, 7) is 1.73. The first-order chi connectivity index (χ1) is 11.6. The molecular formula is C17H18N4O2S. The van der Waals surface area contributed by atoms with E-state index in [0.29, 0.717) is 26.2 Å². The van der Waals surface area contributed by atoms with Gasteiger partial charge in [0.25, 0.3) is 10.0 Å². The summed E-state index contributed by atoms with van der Waals surface area (Å²) >= 11 is 0. The van der Waals surface area contributed by atoms with Crippen LogP contribution in [0.15, 0.2) is 59.8 Å². The lowest BCUT2D eigenvalue weighted by Crippen LogP contribution is -2.49. The van der Waals surface area contributed by atoms with Crippen LogP contribution in [0.1, 0.15) is 11.6 Å². The topological polar surface area (TPSA) is 77.3 Å². The van der Waals surface area contributed by atoms with E-state index in [1.165, 1.54) is 16.6 Å². The lowest BCUT2D eigenvalue weighted by molar-refractivity contribution is 0.162. The number of benzene rings is 1. The quantitative estimate of drug-likeness (QED) is 0.844. The van der Waals surface area contributed by atoms with Crippen LogP contribution in [0.3, 0.4) is 0 Å². The molecule has 24 heavy (non-hydrogen) atoms. The van der Waals surface area contributed by atoms with E-state index in [-0.39, 0.29) is 11.1 Å². The molecule has 0 spiro atoms. The first kappa shape index (κ1) is 16.6. The maximum Gasteiger partial charge on any atom is 0.260 e. The maximum absolute atomic E-state index is 12.6. The largest absolute Gasteiger partial charge is 0.282 e. The fourth-order valence-corrected chi connectivity index (χ4v) is 4.19. The molecule has 1 fully saturated rings. The number of sulfonamides is 1. The number of aromatic nitrogens is 1. The SMILES string of the molecule is N#C[C@H](c1ccccc1)N1CCN(S(=O)(=O)c2ccccn2)CC1. The molecule has 2 heterocycles. The molecule has 1 aliphatic heterocycles. The van der Waals surface area contributed by atoms with E-state index < -0.39 is 10.0 Å². The lowest BCUT2D eigenvalue weighted by atomic mass is 10.1. The Morgan fingerprint density at radius 1 is 1.00 bits per heavy atom. The van der Waals surface area contributed by atoms with Gasteiger partial charge in [-0.15, -0.1) is 0 Å². The summed E-state index contributed by atoms with van der Waals surface area (Å²) in [6.07, 6.45) is 1.48. The van der Waals surface area contributed by atoms with E-state index in [9.17, 15) is 13.7 Å². The van der Waals surface area contributed by atoms with Gasteiger partial charge in [0.1, 0.15) is 6.04 Å². The Kier molecular flexibility index (Phi) is 4.90. The highest BCUT2D eigenvalue weighted by Crippen LogP contribution is 2.23. The van der Waals surface area contributed by atoms with E-state index >= 15 is 0 Å². The third-order valence-electron chi connectivity index (χ3n) is 4.12. The molecule has 1 saturated heterocycles. The van der Waals surface area contributed by atoms with E-state index in [0.717, 1.165) is 5.56 Å². The van der Waals surface area contributed by atoms with Gasteiger partial charge in [0.15, 0.2) is 5.03 Å². The third kappa shape index (κ3) is 3.31. The van der Waals surface area contributed by atoms with Crippen molar-refractivity contribution in [2.45, 2.75) is 11.1 Å². The van der Waals surface area contributed by atoms with Crippen molar-refractivity contribution in [1.82, 2.24) is 14.2 Å². The van der Waals surface area contributed by atoms with Crippen molar-refractivity contribution < 1.29 is 8.42 Å². The molecule has 1 aliphatic rings. The molecule has 0 amide bonds. The minimum atomic E-state index is -3.57. The number of nitriles is 1. The Labute approximate surface area is 142 Å². The predicted octanol–water partition coefficient (Wildman–Crippen LogP) is 1.65. The minimum Gasteiger partial charge on any atom is -0.282 e. The van der Waals surface area contributed by atoms with E-state index in [1.54, 1.807) is 12.1 Å². The van der Waals surface area contributed by atoms with Crippen molar-refractivity contribution in [2.24, 2.45) is 0 Å². The Balaban J connectivity index is 1.71. The van der Waals surface area contributed by atoms with Crippen molar-refractivity contribution in [3.05, 3.63) is 60.3 Å². The number of nitrogens with zero attached hydrogens (tertiary/aromatic N) is 4. The Bertz CT molecular complexity index is 811. The van der Waals surface area contributed by atoms with Gasteiger partial charge in [-0.3, -0.25) is 4.90 Å². The number of rotatable bonds is 4. The molecule has 0 unspecified atom stereocenters. The number of hydrogen-bond donors (Lipinski definition) is 0. The molecule has 6 nitrogen and oxygen atoms in total. The summed E-state index contributed by atoms with van der Waals surface area (Å²) in [5.41, 5.74) is 0.932. The Hall–Kier alpha value is -2.27. The zero-order chi connectivity index (χ0) is 17.0. The number of hydrogen-bond acceptors (Lipinski definition) is 5. The van der Waals surface area contributed by atoms with Crippen molar-refractivity contribution in [3.63, 3.8) is 0 Å². The zero-order valence-electron chi connectivity index (χ0n) is 13.1. The molecular weight excluding hydrogens is 324 g/mol. The van der Waals surface area contributed by atoms with Crippen LogP contribution in [0.4, 0.5) is 0 Å². The van der Waals surface area contributed by atoms with Crippen LogP contribution in [-0.2, 0) is 10.0 Å². The average Bonchev–Trinajstić information content (AvgIpc) is 2.64. The second kappa shape index (κ2) is 7.09. The molecule has 1 atom stereocenters. The first-order valence-electron chi connectivity index (χ1n) is 7.73. The summed E-state index contributed by atoms with van der Waals surface area (Å²) in [5.74, 6) is 0. The van der Waals surface area contributed by atoms with E-state index in [1.807, 2.05) is 35.2 Å². The van der Waals surface area contributed by atoms with Crippen LogP contribution in [-0.4, -0.2) is 48.8 Å². The highest BCUT2D eigenvalue weighted by atomic mass is 32.2. The van der Waals surface area contributed by atoms with Gasteiger partial charge in [-0.05, 0) is 17.7 Å². The monoisotopic (exact) mass is 342 g/mol. The van der Waals surface area contributed by atoms with Crippen molar-refractivity contribution in [1.29, 1.82) is 5.26 Å². The van der Waals surface area contributed by atoms with Crippen molar-refractivity contribution >= 4 is 10.0 Å². The second-order valence-corrected chi connectivity index (χ2v) is 7.44. The van der Waals surface area contributed by atoms with Crippen molar-refractivity contribution in [3.8, 4) is 6.07 Å². The van der Waals surface area contributed by atoms with Gasteiger partial charge < -0.3 is 0 Å². The molecule has 0 bridgehead atoms. The van der Waals surface area contributed by atoms with Gasteiger partial charge in [-0.2, -0.15) is 9.57 Å². The van der Waals surface area contributed by atoms with E-state index in [4.69, 9.17) is 0 Å². The molecule has 0 N–H and O–H groups in total. The molecule has 3 rings (SSSR count). The molecule has 0 saturated carbocycles. The Morgan fingerprint density at radius 3 is 2.25 bits per heavy atom. The highest BCUT2D eigenvalue weighted by molar-refractivity contribution is 7.89. The second-order valence-electron chi connectivity index (χ2n) is 5.55. The maximum atomic E-state index is 12.6. The molecule has 7 heteroatoms. The van der Waals surface area contributed by atoms with Crippen LogP contribution in [0.5, 0.6) is 0 Å². The first-order valence-corrected chi connectivity index (χ1v) is 9.17. The molecule has 124 valence electrons. The van der Waals surface area contributed by atoms with Gasteiger partial charge in [0.05, 0.1) is 6.07 Å². The van der Waals surface area contributed by atoms with Crippen LogP contribution >= 0.6 is 0 Å². The van der Waals surface area contributed by atoms with Gasteiger partial charge >= 0.3 is 0 Å². The summed E-state index contributed by atoms with van der Waals surface area (Å²) in [6, 6.07) is 16.4. The van der Waals surface area contributed by atoms with Crippen LogP contribution in [0.2, 0.25) is 0 Å². The summed E-state index contributed by atoms with van der Waals surface area (Å²) in [4.78, 5) is 5.96. The predicted molar refractivity (Wildman–Crippen MR) is 89.4 cm³/mol. The summed E-state index contributed by atoms with van der Waals surface area (Å²) in [7, 11) is -3.57. The normalized spacial score (nSPS) is 18.0. The van der Waals surface area contributed by atoms with E-state index in [2.05, 4.69) is 11.1 Å². The highest BCUT2D eigenvalue weighted by Gasteiger charge is 2.32. The fourth-order valence-electron chi connectivity index (χ4n) is 2.84. The molecule has 0 radical (unpaired) electrons. The molecule has 2 aromatic rings. The van der Waals surface area contributed by atoms with Crippen LogP contribution in [0.25, 0.3) is 0 Å². The molecule has 0 aliphatic carbocycles. The van der Waals surface area contributed by atoms with Crippen LogP contribution < -0.4 is 0 Å². The summed E-state index contributed by atoms with van der Waals surface area (Å²) in [5, 5.41) is 9.57. The Morgan fingerprint density at radius 2 is 1.67 bits per heavy atom. The van der Waals surface area contributed by atoms with Gasteiger partial charge in [0, 0.05) is 32.4 Å². The average molecular weight is 342 g/mol. The van der Waals surface area contributed by atoms with Gasteiger partial charge in [0.2, 0.25) is 0 Å². The zero-order valence-corrected chi connectivity index (χ0v) is 13.9. The third-order valence-corrected chi connectivity index (χ3v) is 5.93. The molecule has 1 aromatic carbocycles. The minimum absolute atomic E-state index is 0.0679. The molecule has 1 aromatic heterocycles. The fraction of sp³-hybridized carbons (Fsp3) is 0.294. The van der Waals surface area contributed by atoms with Gasteiger partial charge in [-0.25, -0.2) is 13.4 Å². The standard InChI is InChI=1S/C17H18N4O2S/c18-14-16(15-6-2-1-3-7-15)20-10-12-21(13-11-20)24(22,23)17-8-4-5-9-19-17/h1-9,16H,10-13H2/t16-/m1/s1.